The van der Waals surface area contributed by atoms with Crippen LogP contribution in [0.4, 0.5) is 10.8 Å². The molecule has 6 atom stereocenters. The van der Waals surface area contributed by atoms with Crippen molar-refractivity contribution in [3.63, 3.8) is 0 Å². The molecule has 1 aliphatic heterocycles. The van der Waals surface area contributed by atoms with E-state index in [0.29, 0.717) is 26.3 Å². The molecule has 1 aromatic heterocycles. The Hall–Kier alpha value is -1.96. The second kappa shape index (κ2) is 9.01. The lowest BCUT2D eigenvalue weighted by Gasteiger charge is -2.53. The second-order valence-electron chi connectivity index (χ2n) is 10.4. The molecule has 3 aliphatic rings. The molecule has 1 saturated heterocycles. The molecular weight excluding hydrogens is 434 g/mol. The molecule has 2 fully saturated rings. The molecule has 2 aliphatic carbocycles. The van der Waals surface area contributed by atoms with E-state index in [1.54, 1.807) is 11.3 Å². The molecule has 6 nitrogen and oxygen atoms in total. The summed E-state index contributed by atoms with van der Waals surface area (Å²) in [5.74, 6) is 0.239. The van der Waals surface area contributed by atoms with Crippen molar-refractivity contribution in [3.05, 3.63) is 40.9 Å². The first-order valence-electron chi connectivity index (χ1n) is 12.2. The first kappa shape index (κ1) is 22.8. The summed E-state index contributed by atoms with van der Waals surface area (Å²) in [5, 5.41) is 16.0. The van der Waals surface area contributed by atoms with Crippen molar-refractivity contribution < 1.29 is 14.6 Å². The number of amides is 1. The molecule has 1 aromatic carbocycles. The van der Waals surface area contributed by atoms with Crippen molar-refractivity contribution in [3.8, 4) is 0 Å². The maximum Gasteiger partial charge on any atom is 0.225 e. The van der Waals surface area contributed by atoms with Gasteiger partial charge in [0.15, 0.2) is 5.13 Å². The zero-order chi connectivity index (χ0) is 23.2. The lowest BCUT2D eigenvalue weighted by Crippen LogP contribution is -2.54. The summed E-state index contributed by atoms with van der Waals surface area (Å²) in [6.07, 6.45) is 2.37. The Balaban J connectivity index is 1.36. The molecule has 0 bridgehead atoms. The summed E-state index contributed by atoms with van der Waals surface area (Å²) in [7, 11) is 0. The number of hydrogen-bond donors (Lipinski definition) is 2. The van der Waals surface area contributed by atoms with E-state index < -0.39 is 6.10 Å². The van der Waals surface area contributed by atoms with Crippen molar-refractivity contribution in [1.29, 1.82) is 0 Å². The number of aromatic nitrogens is 1. The third-order valence-electron chi connectivity index (χ3n) is 8.30. The monoisotopic (exact) mass is 469 g/mol. The zero-order valence-electron chi connectivity index (χ0n) is 19.8. The van der Waals surface area contributed by atoms with Crippen molar-refractivity contribution >= 4 is 28.1 Å². The predicted molar refractivity (Wildman–Crippen MR) is 131 cm³/mol. The van der Waals surface area contributed by atoms with Crippen molar-refractivity contribution in [2.24, 2.45) is 23.2 Å². The summed E-state index contributed by atoms with van der Waals surface area (Å²) < 4.78 is 5.41. The molecular formula is C26H35N3O3S. The van der Waals surface area contributed by atoms with Crippen LogP contribution in [0.2, 0.25) is 0 Å². The number of nitrogens with one attached hydrogen (secondary N) is 1. The summed E-state index contributed by atoms with van der Waals surface area (Å²) in [4.78, 5) is 21.4. The van der Waals surface area contributed by atoms with Gasteiger partial charge in [0.1, 0.15) is 0 Å². The summed E-state index contributed by atoms with van der Waals surface area (Å²) in [6.45, 7) is 9.08. The highest BCUT2D eigenvalue weighted by atomic mass is 32.1. The highest BCUT2D eigenvalue weighted by molar-refractivity contribution is 7.15. The highest BCUT2D eigenvalue weighted by Crippen LogP contribution is 2.57. The molecule has 33 heavy (non-hydrogen) atoms. The van der Waals surface area contributed by atoms with Crippen LogP contribution in [0.1, 0.15) is 50.1 Å². The van der Waals surface area contributed by atoms with Crippen LogP contribution in [0.5, 0.6) is 0 Å². The lowest BCUT2D eigenvalue weighted by atomic mass is 9.53. The smallest absolute Gasteiger partial charge is 0.225 e. The van der Waals surface area contributed by atoms with Crippen molar-refractivity contribution in [2.45, 2.75) is 52.1 Å². The summed E-state index contributed by atoms with van der Waals surface area (Å²) in [6, 6.07) is 10.1. The van der Waals surface area contributed by atoms with Crippen LogP contribution in [0.15, 0.2) is 30.3 Å². The molecule has 2 heterocycles. The largest absolute Gasteiger partial charge is 0.392 e. The Morgan fingerprint density at radius 1 is 1.30 bits per heavy atom. The molecule has 178 valence electrons. The van der Waals surface area contributed by atoms with E-state index in [1.807, 2.05) is 42.2 Å². The van der Waals surface area contributed by atoms with Gasteiger partial charge in [-0.15, -0.1) is 11.3 Å². The number of rotatable bonds is 4. The number of aliphatic hydroxyl groups is 1. The standard InChI is InChI=1S/C26H35N3O3S/c1-16(24(31)29-11-13-32-14-12-29)19-9-10-26(3)15-20-22(17(2)21(26)23(19)30)28-25(33-20)27-18-7-5-4-6-8-18/h4-8,16-17,19,21,23,30H,9-15H2,1-3H3,(H,27,28)/t16-,17-,19-,21+,23-,26-/m0/s1. The van der Waals surface area contributed by atoms with E-state index >= 15 is 0 Å². The van der Waals surface area contributed by atoms with Gasteiger partial charge in [0, 0.05) is 35.5 Å². The van der Waals surface area contributed by atoms with E-state index in [-0.39, 0.29) is 35.0 Å². The number of carbonyl (C=O) groups excluding carboxylic acids is 1. The first-order valence-corrected chi connectivity index (χ1v) is 13.1. The van der Waals surface area contributed by atoms with Crippen LogP contribution in [0.25, 0.3) is 0 Å². The Bertz CT molecular complexity index is 990. The van der Waals surface area contributed by atoms with Gasteiger partial charge in [0.25, 0.3) is 0 Å². The van der Waals surface area contributed by atoms with Crippen molar-refractivity contribution in [2.75, 3.05) is 31.6 Å². The van der Waals surface area contributed by atoms with Crippen LogP contribution in [-0.4, -0.2) is 53.3 Å². The van der Waals surface area contributed by atoms with Gasteiger partial charge in [-0.25, -0.2) is 4.98 Å². The molecule has 2 aromatic rings. The predicted octanol–water partition coefficient (Wildman–Crippen LogP) is 4.43. The number of hydrogen-bond acceptors (Lipinski definition) is 6. The number of anilines is 2. The van der Waals surface area contributed by atoms with Gasteiger partial charge < -0.3 is 20.1 Å². The third kappa shape index (κ3) is 4.19. The number of fused-ring (bicyclic) bond motifs is 2. The van der Waals surface area contributed by atoms with Crippen molar-refractivity contribution in [1.82, 2.24) is 9.88 Å². The maximum atomic E-state index is 13.2. The number of ether oxygens (including phenoxy) is 1. The van der Waals surface area contributed by atoms with Gasteiger partial charge in [-0.3, -0.25) is 4.79 Å². The number of carbonyl (C=O) groups is 1. The highest BCUT2D eigenvalue weighted by Gasteiger charge is 2.54. The topological polar surface area (TPSA) is 74.7 Å². The van der Waals surface area contributed by atoms with Gasteiger partial charge in [-0.2, -0.15) is 0 Å². The number of para-hydroxylation sites is 1. The fourth-order valence-electron chi connectivity index (χ4n) is 6.50. The Labute approximate surface area is 200 Å². The second-order valence-corrected chi connectivity index (χ2v) is 11.5. The fraction of sp³-hybridized carbons (Fsp3) is 0.615. The molecule has 0 unspecified atom stereocenters. The van der Waals surface area contributed by atoms with E-state index in [9.17, 15) is 9.90 Å². The van der Waals surface area contributed by atoms with E-state index in [2.05, 4.69) is 19.2 Å². The molecule has 2 N–H and O–H groups in total. The Morgan fingerprint density at radius 3 is 2.76 bits per heavy atom. The van der Waals surface area contributed by atoms with Gasteiger partial charge in [0.05, 0.1) is 25.0 Å². The van der Waals surface area contributed by atoms with Crippen LogP contribution >= 0.6 is 11.3 Å². The first-order chi connectivity index (χ1) is 15.9. The van der Waals surface area contributed by atoms with Crippen LogP contribution in [0, 0.1) is 23.2 Å². The minimum Gasteiger partial charge on any atom is -0.392 e. The van der Waals surface area contributed by atoms with E-state index in [1.165, 1.54) is 4.88 Å². The molecule has 0 radical (unpaired) electrons. The van der Waals surface area contributed by atoms with Crippen LogP contribution < -0.4 is 5.32 Å². The summed E-state index contributed by atoms with van der Waals surface area (Å²) in [5.41, 5.74) is 2.18. The third-order valence-corrected chi connectivity index (χ3v) is 9.29. The molecule has 1 saturated carbocycles. The van der Waals surface area contributed by atoms with E-state index in [4.69, 9.17) is 9.72 Å². The molecule has 5 rings (SSSR count). The number of nitrogens with zero attached hydrogens (tertiary/aromatic N) is 2. The van der Waals surface area contributed by atoms with Crippen LogP contribution in [0.3, 0.4) is 0 Å². The lowest BCUT2D eigenvalue weighted by molar-refractivity contribution is -0.148. The SMILES string of the molecule is C[C@H](C(=O)N1CCOCC1)[C@@H]1CC[C@@]2(C)Cc3sc(Nc4ccccc4)nc3[C@@H](C)[C@@H]2[C@H]1O. The minimum atomic E-state index is -0.501. The minimum absolute atomic E-state index is 0.0111. The zero-order valence-corrected chi connectivity index (χ0v) is 20.6. The van der Waals surface area contributed by atoms with Crippen LogP contribution in [-0.2, 0) is 16.0 Å². The van der Waals surface area contributed by atoms with Gasteiger partial charge in [0.2, 0.25) is 5.91 Å². The quantitative estimate of drug-likeness (QED) is 0.693. The number of benzene rings is 1. The Morgan fingerprint density at radius 2 is 2.03 bits per heavy atom. The molecule has 1 amide bonds. The Kier molecular flexibility index (Phi) is 6.23. The number of aliphatic hydroxyl groups excluding tert-OH is 1. The average Bonchev–Trinajstić information content (AvgIpc) is 3.21. The maximum absolute atomic E-state index is 13.2. The van der Waals surface area contributed by atoms with Gasteiger partial charge in [-0.05, 0) is 48.6 Å². The average molecular weight is 470 g/mol. The van der Waals surface area contributed by atoms with E-state index in [0.717, 1.165) is 35.8 Å². The normalized spacial score (nSPS) is 32.5. The molecule has 7 heteroatoms. The fourth-order valence-corrected chi connectivity index (χ4v) is 7.78. The molecule has 0 spiro atoms. The number of thiazole rings is 1. The van der Waals surface area contributed by atoms with Gasteiger partial charge >= 0.3 is 0 Å². The summed E-state index contributed by atoms with van der Waals surface area (Å²) >= 11 is 1.74. The van der Waals surface area contributed by atoms with Gasteiger partial charge in [-0.1, -0.05) is 39.0 Å². The number of morpholine rings is 1.